The Morgan fingerprint density at radius 3 is 2.91 bits per heavy atom. The molecular formula is C15H16ClN3O3S. The second kappa shape index (κ2) is 5.98. The summed E-state index contributed by atoms with van der Waals surface area (Å²) in [6, 6.07) is 3.46. The molecule has 2 heterocycles. The molecule has 2 aliphatic rings. The number of hydrogen-bond acceptors (Lipinski definition) is 5. The van der Waals surface area contributed by atoms with Gasteiger partial charge < -0.3 is 10.1 Å². The Labute approximate surface area is 143 Å². The van der Waals surface area contributed by atoms with Crippen molar-refractivity contribution in [1.82, 2.24) is 10.4 Å². The number of fused-ring (bicyclic) bond motifs is 1. The first-order valence-electron chi connectivity index (χ1n) is 7.07. The Kier molecular flexibility index (Phi) is 4.16. The predicted molar refractivity (Wildman–Crippen MR) is 89.3 cm³/mol. The number of carbonyl (C=O) groups excluding carboxylic acids is 2. The maximum absolute atomic E-state index is 12.7. The average Bonchev–Trinajstić information content (AvgIpc) is 2.49. The summed E-state index contributed by atoms with van der Waals surface area (Å²) in [6.07, 6.45) is 0.622. The minimum absolute atomic E-state index is 0.131. The first-order valence-corrected chi connectivity index (χ1v) is 8.26. The van der Waals surface area contributed by atoms with Crippen molar-refractivity contribution in [3.8, 4) is 5.75 Å². The maximum Gasteiger partial charge on any atom is 0.281 e. The molecule has 0 radical (unpaired) electrons. The smallest absolute Gasteiger partial charge is 0.281 e. The normalized spacial score (nSPS) is 19.7. The van der Waals surface area contributed by atoms with E-state index < -0.39 is 0 Å². The molecule has 2 amide bonds. The van der Waals surface area contributed by atoms with E-state index in [0.717, 1.165) is 16.3 Å². The Bertz CT molecular complexity index is 735. The molecule has 3 rings (SSSR count). The lowest BCUT2D eigenvalue weighted by atomic mass is 10.1. The van der Waals surface area contributed by atoms with E-state index in [-0.39, 0.29) is 17.9 Å². The fourth-order valence-electron chi connectivity index (χ4n) is 2.61. The molecule has 0 fully saturated rings. The van der Waals surface area contributed by atoms with Crippen molar-refractivity contribution in [1.29, 1.82) is 0 Å². The van der Waals surface area contributed by atoms with Crippen molar-refractivity contribution in [2.45, 2.75) is 31.2 Å². The van der Waals surface area contributed by atoms with Gasteiger partial charge in [0, 0.05) is 23.9 Å². The quantitative estimate of drug-likeness (QED) is 0.855. The highest BCUT2D eigenvalue weighted by atomic mass is 35.5. The van der Waals surface area contributed by atoms with Crippen LogP contribution in [0.2, 0.25) is 5.02 Å². The minimum atomic E-state index is -0.267. The van der Waals surface area contributed by atoms with Gasteiger partial charge in [-0.3, -0.25) is 15.0 Å². The first kappa shape index (κ1) is 16.0. The van der Waals surface area contributed by atoms with Crippen LogP contribution in [-0.4, -0.2) is 30.0 Å². The summed E-state index contributed by atoms with van der Waals surface area (Å²) in [7, 11) is 1.55. The molecule has 0 saturated carbocycles. The topological polar surface area (TPSA) is 70.7 Å². The number of halogens is 1. The number of hydrazine groups is 1. The van der Waals surface area contributed by atoms with E-state index >= 15 is 0 Å². The molecule has 0 saturated heterocycles. The molecule has 8 heteroatoms. The van der Waals surface area contributed by atoms with Gasteiger partial charge in [-0.2, -0.15) is 0 Å². The van der Waals surface area contributed by atoms with E-state index in [1.54, 1.807) is 19.2 Å². The van der Waals surface area contributed by atoms with Crippen molar-refractivity contribution in [2.24, 2.45) is 0 Å². The number of methoxy groups -OCH3 is 1. The van der Waals surface area contributed by atoms with Crippen LogP contribution in [0.5, 0.6) is 5.75 Å². The van der Waals surface area contributed by atoms with Crippen LogP contribution >= 0.6 is 23.4 Å². The Morgan fingerprint density at radius 1 is 1.52 bits per heavy atom. The number of amides is 2. The Morgan fingerprint density at radius 2 is 2.26 bits per heavy atom. The van der Waals surface area contributed by atoms with Gasteiger partial charge in [0.25, 0.3) is 5.91 Å². The molecule has 1 aromatic carbocycles. The number of anilines is 1. The molecule has 0 aliphatic carbocycles. The lowest BCUT2D eigenvalue weighted by Gasteiger charge is -2.37. The largest absolute Gasteiger partial charge is 0.495 e. The SMILES string of the molecule is COc1cc2c(cc1Cl)NC1=C(S2)C(=O)N(NC(C)=O)C(C)C1. The molecule has 1 atom stereocenters. The van der Waals surface area contributed by atoms with Crippen molar-refractivity contribution in [3.05, 3.63) is 27.8 Å². The van der Waals surface area contributed by atoms with Gasteiger partial charge in [-0.1, -0.05) is 23.4 Å². The molecule has 23 heavy (non-hydrogen) atoms. The minimum Gasteiger partial charge on any atom is -0.495 e. The van der Waals surface area contributed by atoms with Crippen molar-refractivity contribution >= 4 is 40.9 Å². The number of benzene rings is 1. The summed E-state index contributed by atoms with van der Waals surface area (Å²) in [5, 5.41) is 5.18. The van der Waals surface area contributed by atoms with Gasteiger partial charge in [-0.05, 0) is 19.1 Å². The van der Waals surface area contributed by atoms with E-state index in [9.17, 15) is 9.59 Å². The van der Waals surface area contributed by atoms with Gasteiger partial charge in [-0.25, -0.2) is 5.01 Å². The third kappa shape index (κ3) is 2.86. The monoisotopic (exact) mass is 353 g/mol. The third-order valence-electron chi connectivity index (χ3n) is 3.66. The molecule has 1 unspecified atom stereocenters. The van der Waals surface area contributed by atoms with Crippen molar-refractivity contribution in [2.75, 3.05) is 12.4 Å². The summed E-state index contributed by atoms with van der Waals surface area (Å²) < 4.78 is 5.22. The molecule has 0 aromatic heterocycles. The van der Waals surface area contributed by atoms with E-state index in [4.69, 9.17) is 16.3 Å². The fourth-order valence-corrected chi connectivity index (χ4v) is 3.90. The van der Waals surface area contributed by atoms with Gasteiger partial charge >= 0.3 is 0 Å². The Hall–Kier alpha value is -1.86. The number of ether oxygens (including phenoxy) is 1. The maximum atomic E-state index is 12.7. The van der Waals surface area contributed by atoms with Gasteiger partial charge in [0.05, 0.1) is 28.8 Å². The first-order chi connectivity index (χ1) is 10.9. The molecule has 1 aromatic rings. The summed E-state index contributed by atoms with van der Waals surface area (Å²) in [5.74, 6) is 0.0713. The number of carbonyl (C=O) groups is 2. The number of rotatable bonds is 2. The van der Waals surface area contributed by atoms with E-state index in [1.165, 1.54) is 23.7 Å². The second-order valence-electron chi connectivity index (χ2n) is 5.41. The molecule has 6 nitrogen and oxygen atoms in total. The molecule has 122 valence electrons. The summed E-state index contributed by atoms with van der Waals surface area (Å²) in [5.41, 5.74) is 4.30. The standard InChI is InChI=1S/C15H16ClN3O3S/c1-7-4-11-14(15(21)19(7)18-8(2)20)23-13-6-12(22-3)9(16)5-10(13)17-11/h5-7,17H,4H2,1-3H3,(H,18,20). The molecule has 2 N–H and O–H groups in total. The summed E-state index contributed by atoms with van der Waals surface area (Å²) in [4.78, 5) is 25.4. The molecule has 2 aliphatic heterocycles. The van der Waals surface area contributed by atoms with E-state index in [0.29, 0.717) is 22.1 Å². The van der Waals surface area contributed by atoms with E-state index in [2.05, 4.69) is 10.7 Å². The van der Waals surface area contributed by atoms with E-state index in [1.807, 2.05) is 6.92 Å². The van der Waals surface area contributed by atoms with Crippen molar-refractivity contribution in [3.63, 3.8) is 0 Å². The highest BCUT2D eigenvalue weighted by Gasteiger charge is 2.36. The van der Waals surface area contributed by atoms with Gasteiger partial charge in [0.1, 0.15) is 5.75 Å². The summed E-state index contributed by atoms with van der Waals surface area (Å²) >= 11 is 7.52. The molecular weight excluding hydrogens is 338 g/mol. The average molecular weight is 354 g/mol. The number of hydrogen-bond donors (Lipinski definition) is 2. The zero-order chi connectivity index (χ0) is 16.7. The lowest BCUT2D eigenvalue weighted by Crippen LogP contribution is -2.53. The van der Waals surface area contributed by atoms with Crippen molar-refractivity contribution < 1.29 is 14.3 Å². The van der Waals surface area contributed by atoms with Crippen LogP contribution in [0.3, 0.4) is 0 Å². The molecule has 0 spiro atoms. The number of nitrogens with one attached hydrogen (secondary N) is 2. The van der Waals surface area contributed by atoms with Gasteiger partial charge in [-0.15, -0.1) is 0 Å². The number of nitrogens with zero attached hydrogens (tertiary/aromatic N) is 1. The van der Waals surface area contributed by atoms with Gasteiger partial charge in [0.15, 0.2) is 0 Å². The van der Waals surface area contributed by atoms with Crippen LogP contribution < -0.4 is 15.5 Å². The van der Waals surface area contributed by atoms with Gasteiger partial charge in [0.2, 0.25) is 5.91 Å². The highest BCUT2D eigenvalue weighted by molar-refractivity contribution is 8.04. The van der Waals surface area contributed by atoms with Crippen LogP contribution in [0.25, 0.3) is 0 Å². The van der Waals surface area contributed by atoms with Crippen LogP contribution in [0.1, 0.15) is 20.3 Å². The highest BCUT2D eigenvalue weighted by Crippen LogP contribution is 2.46. The third-order valence-corrected chi connectivity index (χ3v) is 5.14. The zero-order valence-electron chi connectivity index (χ0n) is 12.9. The molecule has 0 bridgehead atoms. The van der Waals surface area contributed by atoms with Crippen LogP contribution in [0, 0.1) is 0 Å². The van der Waals surface area contributed by atoms with Crippen LogP contribution in [0.4, 0.5) is 5.69 Å². The number of thioether (sulfide) groups is 1. The van der Waals surface area contributed by atoms with Crippen LogP contribution in [0.15, 0.2) is 27.6 Å². The Balaban J connectivity index is 1.95. The second-order valence-corrected chi connectivity index (χ2v) is 6.87. The predicted octanol–water partition coefficient (Wildman–Crippen LogP) is 2.75. The lowest BCUT2D eigenvalue weighted by molar-refractivity contribution is -0.140. The summed E-state index contributed by atoms with van der Waals surface area (Å²) in [6.45, 7) is 3.28. The van der Waals surface area contributed by atoms with Crippen LogP contribution in [-0.2, 0) is 9.59 Å². The zero-order valence-corrected chi connectivity index (χ0v) is 14.5. The fraction of sp³-hybridized carbons (Fsp3) is 0.333.